The van der Waals surface area contributed by atoms with Crippen LogP contribution in [0.4, 0.5) is 0 Å². The van der Waals surface area contributed by atoms with E-state index in [1.165, 1.54) is 0 Å². The maximum absolute atomic E-state index is 11.3. The molecular weight excluding hydrogens is 136 g/mol. The van der Waals surface area contributed by atoms with Crippen molar-refractivity contribution < 1.29 is 4.79 Å². The molecule has 0 saturated carbocycles. The van der Waals surface area contributed by atoms with Gasteiger partial charge in [-0.05, 0) is 32.3 Å². The monoisotopic (exact) mass is 150 g/mol. The number of rotatable bonds is 2. The Morgan fingerprint density at radius 1 is 1.64 bits per heavy atom. The van der Waals surface area contributed by atoms with E-state index < -0.39 is 0 Å². The summed E-state index contributed by atoms with van der Waals surface area (Å²) in [5, 5.41) is 0. The van der Waals surface area contributed by atoms with Crippen LogP contribution in [0.3, 0.4) is 0 Å². The Bertz CT molecular complexity index is 189. The largest absolute Gasteiger partial charge is 0.294 e. The van der Waals surface area contributed by atoms with Crippen LogP contribution in [0.1, 0.15) is 26.2 Å². The summed E-state index contributed by atoms with van der Waals surface area (Å²) in [6.45, 7) is 1.88. The van der Waals surface area contributed by atoms with Crippen molar-refractivity contribution in [1.29, 1.82) is 0 Å². The molecule has 0 fully saturated rings. The van der Waals surface area contributed by atoms with Crippen LogP contribution in [0, 0.1) is 5.92 Å². The van der Waals surface area contributed by atoms with E-state index in [0.717, 1.165) is 19.3 Å². The van der Waals surface area contributed by atoms with Gasteiger partial charge < -0.3 is 0 Å². The standard InChI is InChI=1S/C10H14O/c1-2-6-10(11)9-7-4-3-5-8-9/h2,4,6-7,9H,3,5,8H2,1H3/b6-2+. The fourth-order valence-electron chi connectivity index (χ4n) is 1.34. The van der Waals surface area contributed by atoms with Gasteiger partial charge in [0, 0.05) is 5.92 Å². The number of hydrogen-bond acceptors (Lipinski definition) is 1. The van der Waals surface area contributed by atoms with Crippen LogP contribution >= 0.6 is 0 Å². The van der Waals surface area contributed by atoms with E-state index in [0.29, 0.717) is 0 Å². The quantitative estimate of drug-likeness (QED) is 0.436. The lowest BCUT2D eigenvalue weighted by atomic mass is 9.92. The zero-order valence-electron chi connectivity index (χ0n) is 6.92. The Morgan fingerprint density at radius 3 is 3.00 bits per heavy atom. The summed E-state index contributed by atoms with van der Waals surface area (Å²) in [6, 6.07) is 0. The molecule has 1 aliphatic rings. The molecule has 0 radical (unpaired) electrons. The van der Waals surface area contributed by atoms with Gasteiger partial charge >= 0.3 is 0 Å². The summed E-state index contributed by atoms with van der Waals surface area (Å²) in [4.78, 5) is 11.3. The molecule has 1 atom stereocenters. The molecule has 1 aliphatic carbocycles. The number of ketones is 1. The number of carbonyl (C=O) groups excluding carboxylic acids is 1. The van der Waals surface area contributed by atoms with Gasteiger partial charge in [-0.2, -0.15) is 0 Å². The predicted molar refractivity (Wildman–Crippen MR) is 46.3 cm³/mol. The summed E-state index contributed by atoms with van der Waals surface area (Å²) in [5.74, 6) is 0.420. The Morgan fingerprint density at radius 2 is 2.45 bits per heavy atom. The number of allylic oxidation sites excluding steroid dienone is 4. The van der Waals surface area contributed by atoms with Gasteiger partial charge in [0.2, 0.25) is 0 Å². The molecule has 0 spiro atoms. The smallest absolute Gasteiger partial charge is 0.162 e. The van der Waals surface area contributed by atoms with Crippen LogP contribution in [0.25, 0.3) is 0 Å². The lowest BCUT2D eigenvalue weighted by Gasteiger charge is -2.12. The first-order valence-corrected chi connectivity index (χ1v) is 4.18. The molecule has 0 aliphatic heterocycles. The van der Waals surface area contributed by atoms with Gasteiger partial charge in [-0.3, -0.25) is 4.79 Å². The summed E-state index contributed by atoms with van der Waals surface area (Å²) in [7, 11) is 0. The van der Waals surface area contributed by atoms with E-state index in [4.69, 9.17) is 0 Å². The van der Waals surface area contributed by atoms with Gasteiger partial charge in [0.05, 0.1) is 0 Å². The molecule has 0 aromatic rings. The summed E-state index contributed by atoms with van der Waals surface area (Å²) >= 11 is 0. The van der Waals surface area contributed by atoms with Crippen molar-refractivity contribution in [2.75, 3.05) is 0 Å². The molecule has 1 unspecified atom stereocenters. The van der Waals surface area contributed by atoms with E-state index in [-0.39, 0.29) is 11.7 Å². The first-order valence-electron chi connectivity index (χ1n) is 4.18. The fourth-order valence-corrected chi connectivity index (χ4v) is 1.34. The third-order valence-electron chi connectivity index (χ3n) is 1.95. The summed E-state index contributed by atoms with van der Waals surface area (Å²) < 4.78 is 0. The minimum absolute atomic E-state index is 0.167. The van der Waals surface area contributed by atoms with Crippen molar-refractivity contribution in [2.45, 2.75) is 26.2 Å². The van der Waals surface area contributed by atoms with Crippen molar-refractivity contribution in [3.63, 3.8) is 0 Å². The highest BCUT2D eigenvalue weighted by Gasteiger charge is 2.13. The van der Waals surface area contributed by atoms with Crippen molar-refractivity contribution in [2.24, 2.45) is 5.92 Å². The van der Waals surface area contributed by atoms with Crippen molar-refractivity contribution in [3.8, 4) is 0 Å². The Kier molecular flexibility index (Phi) is 3.09. The van der Waals surface area contributed by atoms with E-state index in [9.17, 15) is 4.79 Å². The Balaban J connectivity index is 2.52. The zero-order valence-corrected chi connectivity index (χ0v) is 6.92. The molecule has 0 bridgehead atoms. The Hall–Kier alpha value is -0.850. The minimum Gasteiger partial charge on any atom is -0.294 e. The summed E-state index contributed by atoms with van der Waals surface area (Å²) in [6.07, 6.45) is 10.9. The van der Waals surface area contributed by atoms with E-state index in [1.807, 2.05) is 19.1 Å². The van der Waals surface area contributed by atoms with Crippen LogP contribution < -0.4 is 0 Å². The molecule has 1 nitrogen and oxygen atoms in total. The zero-order chi connectivity index (χ0) is 8.10. The molecule has 0 aromatic carbocycles. The molecule has 0 saturated heterocycles. The third kappa shape index (κ3) is 2.34. The Labute approximate surface area is 67.8 Å². The summed E-state index contributed by atoms with van der Waals surface area (Å²) in [5.41, 5.74) is 0. The molecule has 0 amide bonds. The maximum atomic E-state index is 11.3. The molecule has 11 heavy (non-hydrogen) atoms. The molecule has 1 heteroatoms. The highest BCUT2D eigenvalue weighted by Crippen LogP contribution is 2.17. The second-order valence-electron chi connectivity index (χ2n) is 2.87. The molecule has 60 valence electrons. The van der Waals surface area contributed by atoms with Crippen molar-refractivity contribution in [3.05, 3.63) is 24.3 Å². The molecule has 1 rings (SSSR count). The second kappa shape index (κ2) is 4.12. The molecule has 0 heterocycles. The van der Waals surface area contributed by atoms with Gasteiger partial charge in [-0.15, -0.1) is 0 Å². The van der Waals surface area contributed by atoms with Crippen LogP contribution in [0.15, 0.2) is 24.3 Å². The van der Waals surface area contributed by atoms with E-state index >= 15 is 0 Å². The highest BCUT2D eigenvalue weighted by atomic mass is 16.1. The van der Waals surface area contributed by atoms with Crippen molar-refractivity contribution >= 4 is 5.78 Å². The molecular formula is C10H14O. The van der Waals surface area contributed by atoms with Crippen LogP contribution in [-0.2, 0) is 4.79 Å². The maximum Gasteiger partial charge on any atom is 0.162 e. The van der Waals surface area contributed by atoms with Gasteiger partial charge in [0.1, 0.15) is 0 Å². The first-order chi connectivity index (χ1) is 5.34. The normalized spacial score (nSPS) is 24.3. The minimum atomic E-state index is 0.167. The van der Waals surface area contributed by atoms with Crippen LogP contribution in [-0.4, -0.2) is 5.78 Å². The van der Waals surface area contributed by atoms with Gasteiger partial charge in [-0.1, -0.05) is 18.2 Å². The van der Waals surface area contributed by atoms with Gasteiger partial charge in [0.15, 0.2) is 5.78 Å². The number of carbonyl (C=O) groups is 1. The molecule has 0 aromatic heterocycles. The lowest BCUT2D eigenvalue weighted by molar-refractivity contribution is -0.117. The van der Waals surface area contributed by atoms with Gasteiger partial charge in [0.25, 0.3) is 0 Å². The lowest BCUT2D eigenvalue weighted by Crippen LogP contribution is -2.11. The van der Waals surface area contributed by atoms with Crippen LogP contribution in [0.2, 0.25) is 0 Å². The predicted octanol–water partition coefficient (Wildman–Crippen LogP) is 2.49. The molecule has 0 N–H and O–H groups in total. The number of hydrogen-bond donors (Lipinski definition) is 0. The first kappa shape index (κ1) is 8.25. The van der Waals surface area contributed by atoms with E-state index in [1.54, 1.807) is 6.08 Å². The average molecular weight is 150 g/mol. The SMILES string of the molecule is C/C=C/C(=O)C1C=CCCC1. The highest BCUT2D eigenvalue weighted by molar-refractivity contribution is 5.92. The van der Waals surface area contributed by atoms with Crippen LogP contribution in [0.5, 0.6) is 0 Å². The fraction of sp³-hybridized carbons (Fsp3) is 0.500. The topological polar surface area (TPSA) is 17.1 Å². The average Bonchev–Trinajstić information content (AvgIpc) is 2.07. The van der Waals surface area contributed by atoms with Crippen molar-refractivity contribution in [1.82, 2.24) is 0 Å². The van der Waals surface area contributed by atoms with E-state index in [2.05, 4.69) is 6.08 Å². The van der Waals surface area contributed by atoms with Gasteiger partial charge in [-0.25, -0.2) is 0 Å². The third-order valence-corrected chi connectivity index (χ3v) is 1.95. The second-order valence-corrected chi connectivity index (χ2v) is 2.87.